The first-order valence-corrected chi connectivity index (χ1v) is 12.6. The van der Waals surface area contributed by atoms with E-state index in [2.05, 4.69) is 22.9 Å². The van der Waals surface area contributed by atoms with E-state index in [0.717, 1.165) is 18.4 Å². The van der Waals surface area contributed by atoms with E-state index < -0.39 is 27.3 Å². The molecule has 1 heterocycles. The van der Waals surface area contributed by atoms with Crippen LogP contribution in [-0.2, 0) is 9.84 Å². The summed E-state index contributed by atoms with van der Waals surface area (Å²) in [5.74, 6) is -0.00706. The summed E-state index contributed by atoms with van der Waals surface area (Å²) in [4.78, 5) is 0.261. The molecule has 2 aromatic rings. The van der Waals surface area contributed by atoms with Gasteiger partial charge in [0.2, 0.25) is 0 Å². The van der Waals surface area contributed by atoms with Crippen molar-refractivity contribution in [3.05, 3.63) is 58.1 Å². The summed E-state index contributed by atoms with van der Waals surface area (Å²) in [5.41, 5.74) is 0.849. The number of unbranched alkanes of at least 4 members (excludes halogenated alkanes) is 1. The van der Waals surface area contributed by atoms with Crippen molar-refractivity contribution < 1.29 is 18.3 Å². The fraction of sp³-hybridized carbons (Fsp3) is 0.478. The lowest BCUT2D eigenvalue weighted by atomic mass is 9.69. The number of aliphatic hydroxyl groups excluding tert-OH is 1. The maximum Gasteiger partial charge on any atom is 0.179 e. The quantitative estimate of drug-likeness (QED) is 0.606. The van der Waals surface area contributed by atoms with Crippen molar-refractivity contribution >= 4 is 25.8 Å². The van der Waals surface area contributed by atoms with Crippen LogP contribution in [0.25, 0.3) is 0 Å². The third-order valence-electron chi connectivity index (χ3n) is 6.27. The Morgan fingerprint density at radius 1 is 1.21 bits per heavy atom. The van der Waals surface area contributed by atoms with Crippen LogP contribution in [0.3, 0.4) is 0 Å². The summed E-state index contributed by atoms with van der Waals surface area (Å²) in [7, 11) is -2.09. The van der Waals surface area contributed by atoms with Crippen LogP contribution in [0.1, 0.15) is 56.6 Å². The van der Waals surface area contributed by atoms with E-state index in [0.29, 0.717) is 28.6 Å². The van der Waals surface area contributed by atoms with Gasteiger partial charge in [-0.25, -0.2) is 8.42 Å². The zero-order valence-electron chi connectivity index (χ0n) is 17.2. The van der Waals surface area contributed by atoms with Crippen LogP contribution in [0.4, 0.5) is 0 Å². The highest BCUT2D eigenvalue weighted by Crippen LogP contribution is 2.50. The van der Waals surface area contributed by atoms with Crippen LogP contribution in [0.15, 0.2) is 51.8 Å². The van der Waals surface area contributed by atoms with E-state index in [1.54, 1.807) is 12.1 Å². The maximum absolute atomic E-state index is 13.6. The zero-order valence-corrected chi connectivity index (χ0v) is 19.6. The van der Waals surface area contributed by atoms with Crippen molar-refractivity contribution in [2.45, 2.75) is 56.4 Å². The number of fused-ring (bicyclic) bond motifs is 1. The van der Waals surface area contributed by atoms with Gasteiger partial charge in [0.1, 0.15) is 5.75 Å². The average molecular weight is 481 g/mol. The lowest BCUT2D eigenvalue weighted by Gasteiger charge is -2.39. The van der Waals surface area contributed by atoms with Gasteiger partial charge in [0.25, 0.3) is 0 Å². The summed E-state index contributed by atoms with van der Waals surface area (Å²) in [5, 5.41) is 11.7. The molecule has 1 N–H and O–H groups in total. The molecule has 0 spiro atoms. The molecule has 0 bridgehead atoms. The Labute approximate surface area is 182 Å². The Morgan fingerprint density at radius 3 is 2.48 bits per heavy atom. The molecule has 3 atom stereocenters. The van der Waals surface area contributed by atoms with Crippen molar-refractivity contribution in [2.75, 3.05) is 12.9 Å². The Hall–Kier alpha value is -1.37. The molecule has 1 aliphatic heterocycles. The molecule has 3 rings (SSSR count). The van der Waals surface area contributed by atoms with Crippen LogP contribution >= 0.6 is 15.9 Å². The van der Waals surface area contributed by atoms with E-state index in [-0.39, 0.29) is 10.6 Å². The van der Waals surface area contributed by atoms with Gasteiger partial charge in [0.05, 0.1) is 28.3 Å². The molecule has 158 valence electrons. The van der Waals surface area contributed by atoms with Crippen LogP contribution in [-0.4, -0.2) is 32.5 Å². The molecule has 1 aliphatic rings. The molecule has 0 fully saturated rings. The van der Waals surface area contributed by atoms with Crippen LogP contribution in [0.5, 0.6) is 5.75 Å². The van der Waals surface area contributed by atoms with Crippen LogP contribution in [0, 0.1) is 5.41 Å². The summed E-state index contributed by atoms with van der Waals surface area (Å²) in [6, 6.07) is 13.1. The van der Waals surface area contributed by atoms with Gasteiger partial charge in [0, 0.05) is 17.4 Å². The second-order valence-corrected chi connectivity index (χ2v) is 10.7. The molecule has 0 aromatic heterocycles. The van der Waals surface area contributed by atoms with Crippen molar-refractivity contribution in [2.24, 2.45) is 5.41 Å². The number of benzene rings is 2. The molecular formula is C23H29BrO4S. The molecular weight excluding hydrogens is 452 g/mol. The highest BCUT2D eigenvalue weighted by atomic mass is 79.9. The minimum atomic E-state index is -3.61. The Kier molecular flexibility index (Phi) is 6.76. The first-order valence-electron chi connectivity index (χ1n) is 10.1. The van der Waals surface area contributed by atoms with Gasteiger partial charge in [0.15, 0.2) is 9.84 Å². The second-order valence-electron chi connectivity index (χ2n) is 7.94. The van der Waals surface area contributed by atoms with Crippen LogP contribution < -0.4 is 4.74 Å². The number of aliphatic hydroxyl groups is 1. The van der Waals surface area contributed by atoms with Crippen molar-refractivity contribution in [3.8, 4) is 5.75 Å². The first-order chi connectivity index (χ1) is 13.8. The topological polar surface area (TPSA) is 63.6 Å². The van der Waals surface area contributed by atoms with E-state index in [9.17, 15) is 13.5 Å². The number of hydrogen-bond donors (Lipinski definition) is 1. The van der Waals surface area contributed by atoms with Gasteiger partial charge < -0.3 is 9.84 Å². The molecule has 0 saturated heterocycles. The Morgan fingerprint density at radius 2 is 1.90 bits per heavy atom. The SMILES string of the molecule is CCCC[C@]1(CC)CS(=O)(=O)c2cc(OC)c(Br)cc2[C@@H](c2ccccc2)C1O. The number of sulfone groups is 1. The molecule has 1 unspecified atom stereocenters. The summed E-state index contributed by atoms with van der Waals surface area (Å²) >= 11 is 3.50. The molecule has 2 aromatic carbocycles. The third kappa shape index (κ3) is 4.12. The zero-order chi connectivity index (χ0) is 21.2. The molecule has 29 heavy (non-hydrogen) atoms. The molecule has 0 radical (unpaired) electrons. The predicted octanol–water partition coefficient (Wildman–Crippen LogP) is 5.32. The molecule has 6 heteroatoms. The summed E-state index contributed by atoms with van der Waals surface area (Å²) in [6.45, 7) is 4.08. The first kappa shape index (κ1) is 22.3. The van der Waals surface area contributed by atoms with Crippen LogP contribution in [0.2, 0.25) is 0 Å². The fourth-order valence-corrected chi connectivity index (χ4v) is 7.33. The van der Waals surface area contributed by atoms with E-state index in [4.69, 9.17) is 4.74 Å². The Bertz CT molecular complexity index is 958. The smallest absolute Gasteiger partial charge is 0.179 e. The number of halogens is 1. The van der Waals surface area contributed by atoms with Gasteiger partial charge in [-0.1, -0.05) is 57.0 Å². The van der Waals surface area contributed by atoms with E-state index >= 15 is 0 Å². The molecule has 4 nitrogen and oxygen atoms in total. The predicted molar refractivity (Wildman–Crippen MR) is 119 cm³/mol. The number of rotatable bonds is 6. The monoisotopic (exact) mass is 480 g/mol. The lowest BCUT2D eigenvalue weighted by molar-refractivity contribution is 0.0174. The lowest BCUT2D eigenvalue weighted by Crippen LogP contribution is -2.42. The van der Waals surface area contributed by atoms with E-state index in [1.807, 2.05) is 37.3 Å². The fourth-order valence-electron chi connectivity index (χ4n) is 4.54. The highest BCUT2D eigenvalue weighted by Gasteiger charge is 2.49. The number of methoxy groups -OCH3 is 1. The maximum atomic E-state index is 13.6. The van der Waals surface area contributed by atoms with E-state index in [1.165, 1.54) is 7.11 Å². The van der Waals surface area contributed by atoms with Crippen molar-refractivity contribution in [3.63, 3.8) is 0 Å². The number of ether oxygens (including phenoxy) is 1. The number of hydrogen-bond acceptors (Lipinski definition) is 4. The largest absolute Gasteiger partial charge is 0.496 e. The van der Waals surface area contributed by atoms with Gasteiger partial charge in [-0.05, 0) is 46.0 Å². The molecule has 0 amide bonds. The van der Waals surface area contributed by atoms with Gasteiger partial charge in [-0.15, -0.1) is 0 Å². The molecule has 0 saturated carbocycles. The Balaban J connectivity index is 2.32. The average Bonchev–Trinajstić information content (AvgIpc) is 2.78. The third-order valence-corrected chi connectivity index (χ3v) is 8.86. The summed E-state index contributed by atoms with van der Waals surface area (Å²) in [6.07, 6.45) is 2.30. The van der Waals surface area contributed by atoms with Gasteiger partial charge in [-0.3, -0.25) is 0 Å². The minimum absolute atomic E-state index is 0.0568. The van der Waals surface area contributed by atoms with Crippen molar-refractivity contribution in [1.29, 1.82) is 0 Å². The highest BCUT2D eigenvalue weighted by molar-refractivity contribution is 9.10. The van der Waals surface area contributed by atoms with Crippen molar-refractivity contribution in [1.82, 2.24) is 0 Å². The normalized spacial score (nSPS) is 25.8. The standard InChI is InChI=1S/C23H29BrO4S/c1-4-6-12-23(5-2)15-29(26,27)20-14-19(28-3)18(24)13-17(20)21(22(23)25)16-10-8-7-9-11-16/h7-11,13-14,21-22,25H,4-6,12,15H2,1-3H3/t21-,22?,23-/m1/s1. The molecule has 0 aliphatic carbocycles. The summed E-state index contributed by atoms with van der Waals surface area (Å²) < 4.78 is 33.2. The minimum Gasteiger partial charge on any atom is -0.496 e. The van der Waals surface area contributed by atoms with Gasteiger partial charge >= 0.3 is 0 Å². The van der Waals surface area contributed by atoms with Gasteiger partial charge in [-0.2, -0.15) is 0 Å². The second kappa shape index (κ2) is 8.78.